The Kier molecular flexibility index (Phi) is 3.09. The number of hydrogen-bond donors (Lipinski definition) is 2. The van der Waals surface area contributed by atoms with E-state index in [-0.39, 0.29) is 11.8 Å². The highest BCUT2D eigenvalue weighted by Crippen LogP contribution is 2.37. The molecule has 1 rings (SSSR count). The molecule has 0 heterocycles. The number of rotatable bonds is 3. The summed E-state index contributed by atoms with van der Waals surface area (Å²) in [5.41, 5.74) is 10.9. The summed E-state index contributed by atoms with van der Waals surface area (Å²) in [7, 11) is 0. The summed E-state index contributed by atoms with van der Waals surface area (Å²) in [4.78, 5) is 11.0. The number of nitrogens with two attached hydrogens (primary N) is 2. The molecule has 0 aliphatic heterocycles. The van der Waals surface area contributed by atoms with E-state index in [1.54, 1.807) is 0 Å². The quantitative estimate of drug-likeness (QED) is 0.647. The largest absolute Gasteiger partial charge is 0.369 e. The van der Waals surface area contributed by atoms with Crippen LogP contribution in [0.2, 0.25) is 0 Å². The van der Waals surface area contributed by atoms with Crippen molar-refractivity contribution >= 4 is 5.91 Å². The fourth-order valence-corrected chi connectivity index (χ4v) is 2.18. The maximum absolute atomic E-state index is 11.0. The lowest BCUT2D eigenvalue weighted by atomic mass is 9.96. The molecular weight excluding hydrogens is 152 g/mol. The molecule has 4 N–H and O–H groups in total. The van der Waals surface area contributed by atoms with Gasteiger partial charge in [0.15, 0.2) is 0 Å². The molecule has 3 nitrogen and oxygen atoms in total. The van der Waals surface area contributed by atoms with Gasteiger partial charge in [0.25, 0.3) is 0 Å². The van der Waals surface area contributed by atoms with Gasteiger partial charge in [0.2, 0.25) is 5.91 Å². The summed E-state index contributed by atoms with van der Waals surface area (Å²) < 4.78 is 0. The summed E-state index contributed by atoms with van der Waals surface area (Å²) >= 11 is 0. The second kappa shape index (κ2) is 3.90. The van der Waals surface area contributed by atoms with Gasteiger partial charge in [0.05, 0.1) is 0 Å². The maximum Gasteiger partial charge on any atom is 0.220 e. The number of carbonyl (C=O) groups is 1. The summed E-state index contributed by atoms with van der Waals surface area (Å²) in [6, 6.07) is 0. The van der Waals surface area contributed by atoms with Gasteiger partial charge in [-0.3, -0.25) is 4.79 Å². The zero-order chi connectivity index (χ0) is 9.14. The van der Waals surface area contributed by atoms with Gasteiger partial charge in [-0.15, -0.1) is 0 Å². The van der Waals surface area contributed by atoms with Crippen LogP contribution in [0.5, 0.6) is 0 Å². The van der Waals surface area contributed by atoms with E-state index in [1.807, 2.05) is 0 Å². The highest BCUT2D eigenvalue weighted by molar-refractivity contribution is 5.77. The molecule has 3 heteroatoms. The SMILES string of the molecule is CCC1CC(CN)C(C(N)=O)C1. The topological polar surface area (TPSA) is 69.1 Å². The Morgan fingerprint density at radius 1 is 1.50 bits per heavy atom. The molecule has 12 heavy (non-hydrogen) atoms. The molecule has 1 saturated carbocycles. The highest BCUT2D eigenvalue weighted by Gasteiger charge is 2.35. The van der Waals surface area contributed by atoms with E-state index in [1.165, 1.54) is 0 Å². The van der Waals surface area contributed by atoms with Gasteiger partial charge in [-0.25, -0.2) is 0 Å². The van der Waals surface area contributed by atoms with Crippen molar-refractivity contribution in [2.45, 2.75) is 26.2 Å². The Hall–Kier alpha value is -0.570. The molecule has 0 aromatic heterocycles. The first-order valence-corrected chi connectivity index (χ1v) is 4.68. The van der Waals surface area contributed by atoms with E-state index < -0.39 is 0 Å². The van der Waals surface area contributed by atoms with Crippen molar-refractivity contribution in [3.8, 4) is 0 Å². The van der Waals surface area contributed by atoms with Crippen LogP contribution in [0, 0.1) is 17.8 Å². The molecule has 1 aliphatic rings. The summed E-state index contributed by atoms with van der Waals surface area (Å²) in [6.07, 6.45) is 3.18. The van der Waals surface area contributed by atoms with Crippen molar-refractivity contribution in [2.75, 3.05) is 6.54 Å². The van der Waals surface area contributed by atoms with Crippen LogP contribution in [0.25, 0.3) is 0 Å². The molecule has 0 aromatic rings. The van der Waals surface area contributed by atoms with Crippen LogP contribution in [0.1, 0.15) is 26.2 Å². The van der Waals surface area contributed by atoms with Crippen LogP contribution in [-0.4, -0.2) is 12.5 Å². The second-order valence-corrected chi connectivity index (χ2v) is 3.75. The Morgan fingerprint density at radius 2 is 2.17 bits per heavy atom. The average molecular weight is 170 g/mol. The molecule has 3 unspecified atom stereocenters. The van der Waals surface area contributed by atoms with Crippen LogP contribution in [0.3, 0.4) is 0 Å². The van der Waals surface area contributed by atoms with Crippen molar-refractivity contribution in [1.29, 1.82) is 0 Å². The molecule has 1 amide bonds. The van der Waals surface area contributed by atoms with Crippen molar-refractivity contribution < 1.29 is 4.79 Å². The first kappa shape index (κ1) is 9.52. The third-order valence-electron chi connectivity index (χ3n) is 3.04. The second-order valence-electron chi connectivity index (χ2n) is 3.75. The predicted octanol–water partition coefficient (Wildman–Crippen LogP) is 0.483. The molecule has 0 bridgehead atoms. The first-order chi connectivity index (χ1) is 5.69. The van der Waals surface area contributed by atoms with Crippen LogP contribution >= 0.6 is 0 Å². The first-order valence-electron chi connectivity index (χ1n) is 4.68. The third kappa shape index (κ3) is 1.78. The Morgan fingerprint density at radius 3 is 2.50 bits per heavy atom. The molecule has 1 fully saturated rings. The molecule has 0 radical (unpaired) electrons. The highest BCUT2D eigenvalue weighted by atomic mass is 16.1. The minimum absolute atomic E-state index is 0.0416. The molecule has 0 aromatic carbocycles. The average Bonchev–Trinajstić information content (AvgIpc) is 2.47. The lowest BCUT2D eigenvalue weighted by Gasteiger charge is -2.12. The van der Waals surface area contributed by atoms with E-state index in [0.717, 1.165) is 19.3 Å². The maximum atomic E-state index is 11.0. The van der Waals surface area contributed by atoms with Gasteiger partial charge in [-0.05, 0) is 31.2 Å². The van der Waals surface area contributed by atoms with E-state index in [4.69, 9.17) is 11.5 Å². The van der Waals surface area contributed by atoms with Crippen molar-refractivity contribution in [3.05, 3.63) is 0 Å². The van der Waals surface area contributed by atoms with Crippen LogP contribution < -0.4 is 11.5 Å². The fraction of sp³-hybridized carbons (Fsp3) is 0.889. The Balaban J connectivity index is 2.56. The minimum Gasteiger partial charge on any atom is -0.369 e. The van der Waals surface area contributed by atoms with Crippen molar-refractivity contribution in [2.24, 2.45) is 29.2 Å². The molecule has 1 aliphatic carbocycles. The van der Waals surface area contributed by atoms with Gasteiger partial charge in [0, 0.05) is 5.92 Å². The van der Waals surface area contributed by atoms with Gasteiger partial charge >= 0.3 is 0 Å². The summed E-state index contributed by atoms with van der Waals surface area (Å²) in [5, 5.41) is 0. The smallest absolute Gasteiger partial charge is 0.220 e. The third-order valence-corrected chi connectivity index (χ3v) is 3.04. The lowest BCUT2D eigenvalue weighted by Crippen LogP contribution is -2.30. The zero-order valence-electron chi connectivity index (χ0n) is 7.62. The van der Waals surface area contributed by atoms with Crippen LogP contribution in [0.15, 0.2) is 0 Å². The molecule has 70 valence electrons. The fourth-order valence-electron chi connectivity index (χ4n) is 2.18. The Bertz CT molecular complexity index is 170. The predicted molar refractivity (Wildman–Crippen MR) is 48.2 cm³/mol. The number of carbonyl (C=O) groups excluding carboxylic acids is 1. The standard InChI is InChI=1S/C9H18N2O/c1-2-6-3-7(5-10)8(4-6)9(11)12/h6-8H,2-5,10H2,1H3,(H2,11,12). The van der Waals surface area contributed by atoms with E-state index >= 15 is 0 Å². The van der Waals surface area contributed by atoms with Gasteiger partial charge in [-0.1, -0.05) is 13.3 Å². The minimum atomic E-state index is -0.165. The van der Waals surface area contributed by atoms with Crippen molar-refractivity contribution in [3.63, 3.8) is 0 Å². The van der Waals surface area contributed by atoms with Crippen molar-refractivity contribution in [1.82, 2.24) is 0 Å². The summed E-state index contributed by atoms with van der Waals surface area (Å²) in [6.45, 7) is 2.76. The Labute approximate surface area is 73.5 Å². The number of primary amides is 1. The molecule has 0 saturated heterocycles. The monoisotopic (exact) mass is 170 g/mol. The normalized spacial score (nSPS) is 35.3. The lowest BCUT2D eigenvalue weighted by molar-refractivity contribution is -0.122. The molecular formula is C9H18N2O. The van der Waals surface area contributed by atoms with E-state index in [0.29, 0.717) is 18.4 Å². The number of amides is 1. The van der Waals surface area contributed by atoms with E-state index in [2.05, 4.69) is 6.92 Å². The van der Waals surface area contributed by atoms with Gasteiger partial charge in [-0.2, -0.15) is 0 Å². The van der Waals surface area contributed by atoms with Crippen LogP contribution in [0.4, 0.5) is 0 Å². The molecule has 3 atom stereocenters. The van der Waals surface area contributed by atoms with E-state index in [9.17, 15) is 4.79 Å². The van der Waals surface area contributed by atoms with Gasteiger partial charge in [0.1, 0.15) is 0 Å². The van der Waals surface area contributed by atoms with Crippen LogP contribution in [-0.2, 0) is 4.79 Å². The zero-order valence-corrected chi connectivity index (χ0v) is 7.62. The summed E-state index contributed by atoms with van der Waals surface area (Å²) in [5.74, 6) is 0.879. The number of hydrogen-bond acceptors (Lipinski definition) is 2. The molecule has 0 spiro atoms. The van der Waals surface area contributed by atoms with Gasteiger partial charge < -0.3 is 11.5 Å².